The summed E-state index contributed by atoms with van der Waals surface area (Å²) in [7, 11) is 3.88. The molecular formula is C16H21N3OS. The zero-order valence-electron chi connectivity index (χ0n) is 12.6. The van der Waals surface area contributed by atoms with Gasteiger partial charge in [-0.3, -0.25) is 0 Å². The Morgan fingerprint density at radius 3 is 3.19 bits per heavy atom. The predicted octanol–water partition coefficient (Wildman–Crippen LogP) is 3.25. The first-order valence-corrected chi connectivity index (χ1v) is 8.12. The minimum absolute atomic E-state index is 0.695. The van der Waals surface area contributed by atoms with Crippen LogP contribution in [0.3, 0.4) is 0 Å². The largest absolute Gasteiger partial charge is 0.383 e. The summed E-state index contributed by atoms with van der Waals surface area (Å²) in [5.41, 5.74) is 4.08. The van der Waals surface area contributed by atoms with Crippen molar-refractivity contribution in [2.24, 2.45) is 0 Å². The third-order valence-corrected chi connectivity index (χ3v) is 4.81. The highest BCUT2D eigenvalue weighted by Crippen LogP contribution is 2.34. The van der Waals surface area contributed by atoms with Gasteiger partial charge in [-0.1, -0.05) is 17.4 Å². The number of hydrogen-bond donors (Lipinski definition) is 1. The maximum Gasteiger partial charge on any atom is 0.183 e. The second-order valence-electron chi connectivity index (χ2n) is 5.32. The van der Waals surface area contributed by atoms with Gasteiger partial charge in [-0.25, -0.2) is 4.98 Å². The van der Waals surface area contributed by atoms with Crippen LogP contribution in [0, 0.1) is 0 Å². The van der Waals surface area contributed by atoms with Crippen molar-refractivity contribution in [3.8, 4) is 10.4 Å². The Balaban J connectivity index is 1.78. The highest BCUT2D eigenvalue weighted by Gasteiger charge is 2.14. The number of benzene rings is 1. The first kappa shape index (κ1) is 14.4. The lowest BCUT2D eigenvalue weighted by molar-refractivity contribution is 0.211. The van der Waals surface area contributed by atoms with E-state index in [4.69, 9.17) is 4.74 Å². The third-order valence-electron chi connectivity index (χ3n) is 3.80. The number of ether oxygens (including phenoxy) is 1. The van der Waals surface area contributed by atoms with Crippen LogP contribution in [-0.4, -0.2) is 38.8 Å². The predicted molar refractivity (Wildman–Crippen MR) is 89.5 cm³/mol. The minimum Gasteiger partial charge on any atom is -0.383 e. The lowest BCUT2D eigenvalue weighted by atomic mass is 9.99. The van der Waals surface area contributed by atoms with E-state index >= 15 is 0 Å². The van der Waals surface area contributed by atoms with Crippen LogP contribution in [0.15, 0.2) is 24.4 Å². The molecule has 5 heteroatoms. The molecule has 1 aliphatic rings. The Hall–Kier alpha value is -1.59. The average molecular weight is 303 g/mol. The van der Waals surface area contributed by atoms with E-state index in [-0.39, 0.29) is 0 Å². The monoisotopic (exact) mass is 303 g/mol. The van der Waals surface area contributed by atoms with E-state index < -0.39 is 0 Å². The molecular weight excluding hydrogens is 282 g/mol. The van der Waals surface area contributed by atoms with Gasteiger partial charge in [0.2, 0.25) is 0 Å². The second-order valence-corrected chi connectivity index (χ2v) is 6.35. The first-order valence-electron chi connectivity index (χ1n) is 7.31. The molecule has 0 aliphatic carbocycles. The van der Waals surface area contributed by atoms with Gasteiger partial charge in [0.15, 0.2) is 5.13 Å². The summed E-state index contributed by atoms with van der Waals surface area (Å²) >= 11 is 1.70. The maximum atomic E-state index is 5.04. The lowest BCUT2D eigenvalue weighted by Crippen LogP contribution is -2.24. The maximum absolute atomic E-state index is 5.04. The molecule has 1 N–H and O–H groups in total. The van der Waals surface area contributed by atoms with Gasteiger partial charge in [0, 0.05) is 39.1 Å². The van der Waals surface area contributed by atoms with E-state index in [2.05, 4.69) is 40.4 Å². The van der Waals surface area contributed by atoms with Crippen molar-refractivity contribution in [2.45, 2.75) is 12.8 Å². The van der Waals surface area contributed by atoms with Crippen molar-refractivity contribution in [1.82, 2.24) is 4.98 Å². The fourth-order valence-corrected chi connectivity index (χ4v) is 3.53. The summed E-state index contributed by atoms with van der Waals surface area (Å²) in [5.74, 6) is 0. The molecule has 2 aromatic rings. The normalized spacial score (nSPS) is 14.1. The number of rotatable bonds is 5. The number of nitrogens with one attached hydrogen (secondary N) is 1. The molecule has 0 fully saturated rings. The molecule has 1 aromatic heterocycles. The van der Waals surface area contributed by atoms with E-state index in [1.807, 2.05) is 6.20 Å². The first-order chi connectivity index (χ1) is 10.3. The van der Waals surface area contributed by atoms with E-state index in [1.165, 1.54) is 34.5 Å². The Morgan fingerprint density at radius 1 is 1.43 bits per heavy atom. The molecule has 0 radical (unpaired) electrons. The van der Waals surface area contributed by atoms with Gasteiger partial charge in [-0.2, -0.15) is 0 Å². The fraction of sp³-hybridized carbons (Fsp3) is 0.438. The standard InChI is InChI=1S/C16H21N3OS/c1-19-8-3-4-12-10-13(5-6-14(12)19)15-11-18-16(21-15)17-7-9-20-2/h5-6,10-11H,3-4,7-9H2,1-2H3,(H,17,18). The van der Waals surface area contributed by atoms with Crippen LogP contribution in [0.5, 0.6) is 0 Å². The molecule has 0 saturated heterocycles. The number of methoxy groups -OCH3 is 1. The number of fused-ring (bicyclic) bond motifs is 1. The molecule has 0 spiro atoms. The Morgan fingerprint density at radius 2 is 2.33 bits per heavy atom. The Bertz CT molecular complexity index is 611. The molecule has 1 aromatic carbocycles. The lowest BCUT2D eigenvalue weighted by Gasteiger charge is -2.27. The van der Waals surface area contributed by atoms with Crippen LogP contribution in [0.4, 0.5) is 10.8 Å². The van der Waals surface area contributed by atoms with E-state index in [0.717, 1.165) is 18.2 Å². The zero-order valence-corrected chi connectivity index (χ0v) is 13.4. The van der Waals surface area contributed by atoms with Crippen molar-refractivity contribution in [1.29, 1.82) is 0 Å². The van der Waals surface area contributed by atoms with Crippen LogP contribution < -0.4 is 10.2 Å². The fourth-order valence-electron chi connectivity index (χ4n) is 2.69. The van der Waals surface area contributed by atoms with Gasteiger partial charge in [0.1, 0.15) is 0 Å². The number of nitrogens with zero attached hydrogens (tertiary/aromatic N) is 2. The summed E-state index contributed by atoms with van der Waals surface area (Å²) in [5, 5.41) is 4.23. The summed E-state index contributed by atoms with van der Waals surface area (Å²) < 4.78 is 5.04. The molecule has 2 heterocycles. The molecule has 21 heavy (non-hydrogen) atoms. The van der Waals surface area contributed by atoms with E-state index in [9.17, 15) is 0 Å². The van der Waals surface area contributed by atoms with Crippen molar-refractivity contribution < 1.29 is 4.74 Å². The molecule has 4 nitrogen and oxygen atoms in total. The number of hydrogen-bond acceptors (Lipinski definition) is 5. The van der Waals surface area contributed by atoms with E-state index in [1.54, 1.807) is 18.4 Å². The van der Waals surface area contributed by atoms with Crippen LogP contribution in [-0.2, 0) is 11.2 Å². The molecule has 0 bridgehead atoms. The smallest absolute Gasteiger partial charge is 0.183 e. The van der Waals surface area contributed by atoms with E-state index in [0.29, 0.717) is 6.61 Å². The molecule has 0 unspecified atom stereocenters. The van der Waals surface area contributed by atoms with Gasteiger partial charge in [0.25, 0.3) is 0 Å². The number of anilines is 2. The molecule has 0 saturated carbocycles. The SMILES string of the molecule is COCCNc1ncc(-c2ccc3c(c2)CCCN3C)s1. The average Bonchev–Trinajstić information content (AvgIpc) is 2.96. The van der Waals surface area contributed by atoms with Crippen LogP contribution in [0.25, 0.3) is 10.4 Å². The summed E-state index contributed by atoms with van der Waals surface area (Å²) in [6.07, 6.45) is 4.36. The van der Waals surface area contributed by atoms with Gasteiger partial charge in [0.05, 0.1) is 11.5 Å². The number of thiazole rings is 1. The van der Waals surface area contributed by atoms with Crippen LogP contribution in [0.1, 0.15) is 12.0 Å². The molecule has 1 aliphatic heterocycles. The summed E-state index contributed by atoms with van der Waals surface area (Å²) in [6.45, 7) is 2.64. The molecule has 3 rings (SSSR count). The quantitative estimate of drug-likeness (QED) is 0.860. The van der Waals surface area contributed by atoms with Gasteiger partial charge < -0.3 is 15.0 Å². The number of aromatic nitrogens is 1. The highest BCUT2D eigenvalue weighted by molar-refractivity contribution is 7.18. The molecule has 0 atom stereocenters. The van der Waals surface area contributed by atoms with Crippen LogP contribution >= 0.6 is 11.3 Å². The Labute approximate surface area is 129 Å². The Kier molecular flexibility index (Phi) is 4.41. The van der Waals surface area contributed by atoms with Gasteiger partial charge in [-0.05, 0) is 36.1 Å². The van der Waals surface area contributed by atoms with Crippen molar-refractivity contribution >= 4 is 22.2 Å². The summed E-state index contributed by atoms with van der Waals surface area (Å²) in [4.78, 5) is 7.99. The second kappa shape index (κ2) is 6.45. The van der Waals surface area contributed by atoms with Gasteiger partial charge in [-0.15, -0.1) is 0 Å². The van der Waals surface area contributed by atoms with Gasteiger partial charge >= 0.3 is 0 Å². The third kappa shape index (κ3) is 3.19. The molecule has 0 amide bonds. The topological polar surface area (TPSA) is 37.4 Å². The molecule has 112 valence electrons. The van der Waals surface area contributed by atoms with Crippen molar-refractivity contribution in [3.05, 3.63) is 30.0 Å². The van der Waals surface area contributed by atoms with Crippen LogP contribution in [0.2, 0.25) is 0 Å². The van der Waals surface area contributed by atoms with Crippen molar-refractivity contribution in [2.75, 3.05) is 44.1 Å². The van der Waals surface area contributed by atoms with Crippen molar-refractivity contribution in [3.63, 3.8) is 0 Å². The zero-order chi connectivity index (χ0) is 14.7. The number of aryl methyl sites for hydroxylation is 1. The summed E-state index contributed by atoms with van der Waals surface area (Å²) in [6, 6.07) is 6.76. The minimum atomic E-state index is 0.695. The highest BCUT2D eigenvalue weighted by atomic mass is 32.1.